The highest BCUT2D eigenvalue weighted by molar-refractivity contribution is 5.69. The van der Waals surface area contributed by atoms with E-state index in [9.17, 15) is 4.79 Å². The summed E-state index contributed by atoms with van der Waals surface area (Å²) in [6, 6.07) is 8.19. The quantitative estimate of drug-likeness (QED) is 0.909. The zero-order valence-electron chi connectivity index (χ0n) is 11.6. The van der Waals surface area contributed by atoms with Crippen LogP contribution in [0.3, 0.4) is 0 Å². The summed E-state index contributed by atoms with van der Waals surface area (Å²) in [5.41, 5.74) is 0.0819. The molecule has 0 bridgehead atoms. The molecule has 0 saturated carbocycles. The number of nitrogens with zero attached hydrogens (tertiary/aromatic N) is 1. The molecule has 0 aliphatic rings. The van der Waals surface area contributed by atoms with E-state index in [2.05, 4.69) is 5.32 Å². The third-order valence-electron chi connectivity index (χ3n) is 2.24. The number of alkyl carbamates (subject to hydrolysis) is 1. The van der Waals surface area contributed by atoms with Gasteiger partial charge < -0.3 is 14.8 Å². The fourth-order valence-electron chi connectivity index (χ4n) is 1.41. The van der Waals surface area contributed by atoms with Gasteiger partial charge in [-0.3, -0.25) is 0 Å². The Bertz CT molecular complexity index is 469. The molecular formula is C14H18N2O3. The van der Waals surface area contributed by atoms with E-state index in [0.717, 1.165) is 0 Å². The molecule has 0 aliphatic heterocycles. The molecule has 5 heteroatoms. The average molecular weight is 262 g/mol. The summed E-state index contributed by atoms with van der Waals surface area (Å²) in [7, 11) is 1.57. The lowest BCUT2D eigenvalue weighted by atomic mass is 10.1. The molecule has 1 atom stereocenters. The second kappa shape index (κ2) is 6.10. The second-order valence-corrected chi connectivity index (χ2v) is 4.98. The summed E-state index contributed by atoms with van der Waals surface area (Å²) >= 11 is 0. The first kappa shape index (κ1) is 14.8. The van der Waals surface area contributed by atoms with Gasteiger partial charge in [0, 0.05) is 0 Å². The van der Waals surface area contributed by atoms with Gasteiger partial charge in [0.15, 0.2) is 0 Å². The number of nitriles is 1. The molecule has 1 unspecified atom stereocenters. The van der Waals surface area contributed by atoms with Gasteiger partial charge in [-0.05, 0) is 38.5 Å². The standard InChI is InChI=1S/C14H18N2O3/c1-14(2,3)19-13(17)16-12(9-15)10-5-7-11(18-4)8-6-10/h5-8,12H,1-4H3,(H,16,17). The summed E-state index contributed by atoms with van der Waals surface area (Å²) in [5, 5.41) is 11.6. The van der Waals surface area contributed by atoms with Gasteiger partial charge in [0.1, 0.15) is 17.4 Å². The Morgan fingerprint density at radius 3 is 2.32 bits per heavy atom. The summed E-state index contributed by atoms with van der Waals surface area (Å²) in [5.74, 6) is 0.692. The van der Waals surface area contributed by atoms with Crippen molar-refractivity contribution in [3.05, 3.63) is 29.8 Å². The van der Waals surface area contributed by atoms with Crippen LogP contribution < -0.4 is 10.1 Å². The van der Waals surface area contributed by atoms with Crippen molar-refractivity contribution in [2.24, 2.45) is 0 Å². The Labute approximate surface area is 113 Å². The summed E-state index contributed by atoms with van der Waals surface area (Å²) in [6.45, 7) is 5.30. The minimum Gasteiger partial charge on any atom is -0.497 e. The average Bonchev–Trinajstić information content (AvgIpc) is 2.34. The lowest BCUT2D eigenvalue weighted by molar-refractivity contribution is 0.0515. The van der Waals surface area contributed by atoms with Crippen LogP contribution in [0.25, 0.3) is 0 Å². The third-order valence-corrected chi connectivity index (χ3v) is 2.24. The van der Waals surface area contributed by atoms with Gasteiger partial charge in [0.05, 0.1) is 13.2 Å². The van der Waals surface area contributed by atoms with Crippen LogP contribution in [0.4, 0.5) is 4.79 Å². The molecule has 0 radical (unpaired) electrons. The molecule has 1 aromatic carbocycles. The summed E-state index contributed by atoms with van der Waals surface area (Å²) in [4.78, 5) is 11.6. The highest BCUT2D eigenvalue weighted by atomic mass is 16.6. The van der Waals surface area contributed by atoms with Crippen molar-refractivity contribution >= 4 is 6.09 Å². The molecule has 1 aromatic rings. The molecule has 19 heavy (non-hydrogen) atoms. The van der Waals surface area contributed by atoms with Crippen LogP contribution in [0.1, 0.15) is 32.4 Å². The first-order valence-corrected chi connectivity index (χ1v) is 5.89. The Morgan fingerprint density at radius 2 is 1.89 bits per heavy atom. The van der Waals surface area contributed by atoms with E-state index in [-0.39, 0.29) is 0 Å². The number of rotatable bonds is 3. The van der Waals surface area contributed by atoms with Gasteiger partial charge >= 0.3 is 6.09 Å². The number of carbonyl (C=O) groups excluding carboxylic acids is 1. The fraction of sp³-hybridized carbons (Fsp3) is 0.429. The molecule has 0 saturated heterocycles. The molecule has 0 aromatic heterocycles. The highest BCUT2D eigenvalue weighted by Gasteiger charge is 2.20. The van der Waals surface area contributed by atoms with Crippen molar-refractivity contribution in [1.82, 2.24) is 5.32 Å². The maximum Gasteiger partial charge on any atom is 0.408 e. The van der Waals surface area contributed by atoms with Crippen molar-refractivity contribution in [3.8, 4) is 11.8 Å². The van der Waals surface area contributed by atoms with Crippen molar-refractivity contribution in [2.75, 3.05) is 7.11 Å². The second-order valence-electron chi connectivity index (χ2n) is 4.98. The van der Waals surface area contributed by atoms with Crippen LogP contribution in [0.2, 0.25) is 0 Å². The largest absolute Gasteiger partial charge is 0.497 e. The molecule has 1 rings (SSSR count). The number of nitrogens with one attached hydrogen (secondary N) is 1. The minimum atomic E-state index is -0.749. The van der Waals surface area contributed by atoms with Crippen LogP contribution >= 0.6 is 0 Å². The van der Waals surface area contributed by atoms with E-state index in [1.54, 1.807) is 52.1 Å². The molecule has 0 spiro atoms. The van der Waals surface area contributed by atoms with E-state index in [1.165, 1.54) is 0 Å². The van der Waals surface area contributed by atoms with Crippen molar-refractivity contribution < 1.29 is 14.3 Å². The van der Waals surface area contributed by atoms with Crippen LogP contribution in [0.15, 0.2) is 24.3 Å². The Kier molecular flexibility index (Phi) is 4.76. The molecular weight excluding hydrogens is 244 g/mol. The van der Waals surface area contributed by atoms with Gasteiger partial charge in [0.25, 0.3) is 0 Å². The molecule has 0 heterocycles. The van der Waals surface area contributed by atoms with Gasteiger partial charge in [0.2, 0.25) is 0 Å². The number of carbonyl (C=O) groups is 1. The van der Waals surface area contributed by atoms with Gasteiger partial charge in [-0.1, -0.05) is 12.1 Å². The summed E-state index contributed by atoms with van der Waals surface area (Å²) in [6.07, 6.45) is -0.616. The van der Waals surface area contributed by atoms with Crippen LogP contribution in [0.5, 0.6) is 5.75 Å². The van der Waals surface area contributed by atoms with Crippen LogP contribution in [-0.4, -0.2) is 18.8 Å². The maximum absolute atomic E-state index is 11.6. The highest BCUT2D eigenvalue weighted by Crippen LogP contribution is 2.18. The smallest absolute Gasteiger partial charge is 0.408 e. The predicted octanol–water partition coefficient (Wildman–Crippen LogP) is 2.78. The Hall–Kier alpha value is -2.22. The third kappa shape index (κ3) is 4.88. The number of amides is 1. The van der Waals surface area contributed by atoms with E-state index in [0.29, 0.717) is 11.3 Å². The SMILES string of the molecule is COc1ccc(C(C#N)NC(=O)OC(C)(C)C)cc1. The van der Waals surface area contributed by atoms with E-state index in [4.69, 9.17) is 14.7 Å². The van der Waals surface area contributed by atoms with E-state index >= 15 is 0 Å². The topological polar surface area (TPSA) is 71.3 Å². The van der Waals surface area contributed by atoms with Gasteiger partial charge in [-0.15, -0.1) is 0 Å². The normalized spacial score (nSPS) is 12.2. The summed E-state index contributed by atoms with van der Waals surface area (Å²) < 4.78 is 10.1. The van der Waals surface area contributed by atoms with Crippen molar-refractivity contribution in [2.45, 2.75) is 32.4 Å². The van der Waals surface area contributed by atoms with Crippen LogP contribution in [-0.2, 0) is 4.74 Å². The Balaban J connectivity index is 2.73. The van der Waals surface area contributed by atoms with Gasteiger partial charge in [-0.25, -0.2) is 4.79 Å². The minimum absolute atomic E-state index is 0.593. The van der Waals surface area contributed by atoms with E-state index in [1.807, 2.05) is 6.07 Å². The first-order chi connectivity index (χ1) is 8.85. The molecule has 0 aliphatic carbocycles. The van der Waals surface area contributed by atoms with Crippen molar-refractivity contribution in [1.29, 1.82) is 5.26 Å². The molecule has 102 valence electrons. The molecule has 0 fully saturated rings. The van der Waals surface area contributed by atoms with Crippen LogP contribution in [0, 0.1) is 11.3 Å². The van der Waals surface area contributed by atoms with Crippen molar-refractivity contribution in [3.63, 3.8) is 0 Å². The predicted molar refractivity (Wildman–Crippen MR) is 70.7 cm³/mol. The molecule has 1 amide bonds. The number of methoxy groups -OCH3 is 1. The maximum atomic E-state index is 11.6. The lowest BCUT2D eigenvalue weighted by Crippen LogP contribution is -2.34. The number of hydrogen-bond acceptors (Lipinski definition) is 4. The number of hydrogen-bond donors (Lipinski definition) is 1. The van der Waals surface area contributed by atoms with Gasteiger partial charge in [-0.2, -0.15) is 5.26 Å². The zero-order chi connectivity index (χ0) is 14.5. The molecule has 1 N–H and O–H groups in total. The molecule has 5 nitrogen and oxygen atoms in total. The lowest BCUT2D eigenvalue weighted by Gasteiger charge is -2.21. The Morgan fingerprint density at radius 1 is 1.32 bits per heavy atom. The number of ether oxygens (including phenoxy) is 2. The first-order valence-electron chi connectivity index (χ1n) is 5.89. The number of benzene rings is 1. The van der Waals surface area contributed by atoms with E-state index < -0.39 is 17.7 Å². The zero-order valence-corrected chi connectivity index (χ0v) is 11.6. The monoisotopic (exact) mass is 262 g/mol. The fourth-order valence-corrected chi connectivity index (χ4v) is 1.41.